The SMILES string of the molecule is CCCCN(CC1(CNCC)CCCCC1)C(C)CC. The molecule has 0 amide bonds. The van der Waals surface area contributed by atoms with Crippen LogP contribution in [-0.2, 0) is 0 Å². The second kappa shape index (κ2) is 9.78. The predicted octanol–water partition coefficient (Wildman–Crippen LogP) is 4.45. The molecule has 0 radical (unpaired) electrons. The zero-order valence-corrected chi connectivity index (χ0v) is 14.5. The monoisotopic (exact) mass is 282 g/mol. The summed E-state index contributed by atoms with van der Waals surface area (Å²) >= 11 is 0. The molecular formula is C18H38N2. The second-order valence-corrected chi connectivity index (χ2v) is 6.92. The van der Waals surface area contributed by atoms with Crippen molar-refractivity contribution >= 4 is 0 Å². The molecule has 20 heavy (non-hydrogen) atoms. The number of hydrogen-bond acceptors (Lipinski definition) is 2. The molecule has 0 aromatic heterocycles. The van der Waals surface area contributed by atoms with Crippen molar-refractivity contribution in [2.24, 2.45) is 5.41 Å². The average molecular weight is 283 g/mol. The minimum atomic E-state index is 0.547. The maximum Gasteiger partial charge on any atom is 0.00645 e. The third-order valence-electron chi connectivity index (χ3n) is 5.22. The summed E-state index contributed by atoms with van der Waals surface area (Å²) in [5, 5.41) is 3.65. The molecule has 0 bridgehead atoms. The Kier molecular flexibility index (Phi) is 8.79. The number of hydrogen-bond donors (Lipinski definition) is 1. The Bertz CT molecular complexity index is 234. The highest BCUT2D eigenvalue weighted by atomic mass is 15.2. The molecule has 1 N–H and O–H groups in total. The number of rotatable bonds is 10. The summed E-state index contributed by atoms with van der Waals surface area (Å²) in [5.41, 5.74) is 0.547. The van der Waals surface area contributed by atoms with E-state index in [4.69, 9.17) is 0 Å². The van der Waals surface area contributed by atoms with Crippen LogP contribution in [0.3, 0.4) is 0 Å². The van der Waals surface area contributed by atoms with Gasteiger partial charge in [0.15, 0.2) is 0 Å². The van der Waals surface area contributed by atoms with E-state index < -0.39 is 0 Å². The Morgan fingerprint density at radius 1 is 1.10 bits per heavy atom. The molecule has 1 rings (SSSR count). The third kappa shape index (κ3) is 5.73. The molecule has 2 heteroatoms. The molecule has 0 heterocycles. The number of nitrogens with one attached hydrogen (secondary N) is 1. The van der Waals surface area contributed by atoms with Crippen LogP contribution < -0.4 is 5.32 Å². The largest absolute Gasteiger partial charge is 0.316 e. The molecule has 1 aliphatic carbocycles. The van der Waals surface area contributed by atoms with Crippen LogP contribution in [0.2, 0.25) is 0 Å². The molecule has 1 unspecified atom stereocenters. The fraction of sp³-hybridized carbons (Fsp3) is 1.00. The van der Waals surface area contributed by atoms with Gasteiger partial charge in [0.2, 0.25) is 0 Å². The van der Waals surface area contributed by atoms with Gasteiger partial charge in [0, 0.05) is 19.1 Å². The van der Waals surface area contributed by atoms with Gasteiger partial charge in [0.05, 0.1) is 0 Å². The lowest BCUT2D eigenvalue weighted by Crippen LogP contribution is -2.48. The summed E-state index contributed by atoms with van der Waals surface area (Å²) in [7, 11) is 0. The lowest BCUT2D eigenvalue weighted by molar-refractivity contribution is 0.0768. The van der Waals surface area contributed by atoms with E-state index in [9.17, 15) is 0 Å². The maximum atomic E-state index is 3.65. The smallest absolute Gasteiger partial charge is 0.00645 e. The average Bonchev–Trinajstić information content (AvgIpc) is 2.49. The zero-order valence-electron chi connectivity index (χ0n) is 14.5. The van der Waals surface area contributed by atoms with Gasteiger partial charge < -0.3 is 10.2 Å². The Morgan fingerprint density at radius 3 is 2.35 bits per heavy atom. The summed E-state index contributed by atoms with van der Waals surface area (Å²) in [6.07, 6.45) is 11.1. The van der Waals surface area contributed by atoms with Crippen molar-refractivity contribution in [2.45, 2.75) is 85.1 Å². The van der Waals surface area contributed by atoms with E-state index in [0.29, 0.717) is 5.41 Å². The molecule has 1 aliphatic rings. The topological polar surface area (TPSA) is 15.3 Å². The van der Waals surface area contributed by atoms with Gasteiger partial charge in [-0.3, -0.25) is 0 Å². The van der Waals surface area contributed by atoms with E-state index in [0.717, 1.165) is 12.6 Å². The zero-order chi connectivity index (χ0) is 14.8. The van der Waals surface area contributed by atoms with Crippen LogP contribution in [0.15, 0.2) is 0 Å². The van der Waals surface area contributed by atoms with Gasteiger partial charge in [-0.15, -0.1) is 0 Å². The number of nitrogens with zero attached hydrogens (tertiary/aromatic N) is 1. The van der Waals surface area contributed by atoms with E-state index in [1.807, 2.05) is 0 Å². The van der Waals surface area contributed by atoms with Crippen molar-refractivity contribution in [3.8, 4) is 0 Å². The van der Waals surface area contributed by atoms with Crippen LogP contribution in [0.5, 0.6) is 0 Å². The molecule has 0 aromatic carbocycles. The van der Waals surface area contributed by atoms with Crippen molar-refractivity contribution in [1.82, 2.24) is 10.2 Å². The van der Waals surface area contributed by atoms with E-state index in [1.165, 1.54) is 71.0 Å². The quantitative estimate of drug-likeness (QED) is 0.637. The lowest BCUT2D eigenvalue weighted by Gasteiger charge is -2.43. The molecular weight excluding hydrogens is 244 g/mol. The van der Waals surface area contributed by atoms with Crippen molar-refractivity contribution < 1.29 is 0 Å². The van der Waals surface area contributed by atoms with E-state index >= 15 is 0 Å². The second-order valence-electron chi connectivity index (χ2n) is 6.92. The van der Waals surface area contributed by atoms with E-state index in [1.54, 1.807) is 0 Å². The minimum Gasteiger partial charge on any atom is -0.316 e. The Morgan fingerprint density at radius 2 is 1.80 bits per heavy atom. The van der Waals surface area contributed by atoms with Crippen LogP contribution in [0.4, 0.5) is 0 Å². The van der Waals surface area contributed by atoms with Gasteiger partial charge in [0.25, 0.3) is 0 Å². The van der Waals surface area contributed by atoms with Crippen LogP contribution >= 0.6 is 0 Å². The molecule has 2 nitrogen and oxygen atoms in total. The van der Waals surface area contributed by atoms with E-state index in [2.05, 4.69) is 37.9 Å². The van der Waals surface area contributed by atoms with Gasteiger partial charge in [-0.25, -0.2) is 0 Å². The maximum absolute atomic E-state index is 3.65. The van der Waals surface area contributed by atoms with E-state index in [-0.39, 0.29) is 0 Å². The summed E-state index contributed by atoms with van der Waals surface area (Å²) in [6, 6.07) is 0.738. The highest BCUT2D eigenvalue weighted by Gasteiger charge is 2.34. The summed E-state index contributed by atoms with van der Waals surface area (Å²) in [6.45, 7) is 14.2. The highest BCUT2D eigenvalue weighted by Crippen LogP contribution is 2.37. The standard InChI is InChI=1S/C18H38N2/c1-5-8-14-20(17(4)6-2)16-18(15-19-7-3)12-10-9-11-13-18/h17,19H,5-16H2,1-4H3. The van der Waals surface area contributed by atoms with Crippen LogP contribution in [0, 0.1) is 5.41 Å². The fourth-order valence-corrected chi connectivity index (χ4v) is 3.59. The highest BCUT2D eigenvalue weighted by molar-refractivity contribution is 4.89. The molecule has 1 fully saturated rings. The van der Waals surface area contributed by atoms with Gasteiger partial charge in [-0.05, 0) is 51.1 Å². The summed E-state index contributed by atoms with van der Waals surface area (Å²) in [4.78, 5) is 2.78. The van der Waals surface area contributed by atoms with Crippen molar-refractivity contribution in [2.75, 3.05) is 26.2 Å². The van der Waals surface area contributed by atoms with Crippen molar-refractivity contribution in [1.29, 1.82) is 0 Å². The first-order chi connectivity index (χ1) is 9.67. The number of unbranched alkanes of at least 4 members (excludes halogenated alkanes) is 1. The molecule has 1 saturated carbocycles. The van der Waals surface area contributed by atoms with Crippen molar-refractivity contribution in [3.05, 3.63) is 0 Å². The normalized spacial score (nSPS) is 20.2. The molecule has 0 aromatic rings. The molecule has 1 atom stereocenters. The van der Waals surface area contributed by atoms with Crippen molar-refractivity contribution in [3.63, 3.8) is 0 Å². The molecule has 0 aliphatic heterocycles. The van der Waals surface area contributed by atoms with Crippen LogP contribution in [-0.4, -0.2) is 37.1 Å². The molecule has 120 valence electrons. The summed E-state index contributed by atoms with van der Waals surface area (Å²) < 4.78 is 0. The van der Waals surface area contributed by atoms with Crippen LogP contribution in [0.25, 0.3) is 0 Å². The van der Waals surface area contributed by atoms with Gasteiger partial charge in [0.1, 0.15) is 0 Å². The van der Waals surface area contributed by atoms with Crippen LogP contribution in [0.1, 0.15) is 79.1 Å². The minimum absolute atomic E-state index is 0.547. The fourth-order valence-electron chi connectivity index (χ4n) is 3.59. The Hall–Kier alpha value is -0.0800. The summed E-state index contributed by atoms with van der Waals surface area (Å²) in [5.74, 6) is 0. The first kappa shape index (κ1) is 18.0. The first-order valence-electron chi connectivity index (χ1n) is 9.12. The Labute approximate surface area is 127 Å². The Balaban J connectivity index is 2.66. The third-order valence-corrected chi connectivity index (χ3v) is 5.22. The lowest BCUT2D eigenvalue weighted by atomic mass is 9.73. The molecule has 0 saturated heterocycles. The molecule has 0 spiro atoms. The van der Waals surface area contributed by atoms with Gasteiger partial charge in [-0.2, -0.15) is 0 Å². The first-order valence-corrected chi connectivity index (χ1v) is 9.12. The predicted molar refractivity (Wildman–Crippen MR) is 90.3 cm³/mol. The van der Waals surface area contributed by atoms with Gasteiger partial charge in [-0.1, -0.05) is 46.5 Å². The van der Waals surface area contributed by atoms with Gasteiger partial charge >= 0.3 is 0 Å².